The largest absolute Gasteiger partial charge is 0.313 e. The summed E-state index contributed by atoms with van der Waals surface area (Å²) in [7, 11) is 0. The van der Waals surface area contributed by atoms with Gasteiger partial charge in [-0.1, -0.05) is 39.5 Å². The lowest BCUT2D eigenvalue weighted by atomic mass is 9.95. The van der Waals surface area contributed by atoms with E-state index in [4.69, 9.17) is 0 Å². The molecule has 2 aliphatic rings. The maximum atomic E-state index is 3.66. The van der Waals surface area contributed by atoms with E-state index in [0.717, 1.165) is 18.0 Å². The van der Waals surface area contributed by atoms with E-state index in [1.807, 2.05) is 0 Å². The van der Waals surface area contributed by atoms with Crippen LogP contribution in [0.3, 0.4) is 0 Å². The van der Waals surface area contributed by atoms with Gasteiger partial charge in [0, 0.05) is 18.6 Å². The first-order chi connectivity index (χ1) is 9.33. The molecule has 3 unspecified atom stereocenters. The molecule has 1 aliphatic carbocycles. The molecule has 2 nitrogen and oxygen atoms in total. The van der Waals surface area contributed by atoms with Crippen molar-refractivity contribution in [2.24, 2.45) is 5.92 Å². The summed E-state index contributed by atoms with van der Waals surface area (Å²) in [6.07, 6.45) is 12.9. The molecule has 0 spiro atoms. The van der Waals surface area contributed by atoms with Gasteiger partial charge in [-0.25, -0.2) is 0 Å². The summed E-state index contributed by atoms with van der Waals surface area (Å²) in [4.78, 5) is 2.78. The lowest BCUT2D eigenvalue weighted by Gasteiger charge is -2.32. The van der Waals surface area contributed by atoms with Crippen LogP contribution in [-0.4, -0.2) is 36.6 Å². The lowest BCUT2D eigenvalue weighted by Crippen LogP contribution is -2.43. The van der Waals surface area contributed by atoms with E-state index in [1.54, 1.807) is 0 Å². The molecular formula is C17H34N2. The van der Waals surface area contributed by atoms with E-state index < -0.39 is 0 Å². The summed E-state index contributed by atoms with van der Waals surface area (Å²) in [6.45, 7) is 8.46. The summed E-state index contributed by atoms with van der Waals surface area (Å²) in [5, 5.41) is 3.66. The monoisotopic (exact) mass is 266 g/mol. The highest BCUT2D eigenvalue weighted by Gasteiger charge is 2.25. The average Bonchev–Trinajstić information content (AvgIpc) is 2.82. The number of hydrogen-bond acceptors (Lipinski definition) is 2. The molecule has 0 aromatic carbocycles. The Bertz CT molecular complexity index is 235. The first-order valence-electron chi connectivity index (χ1n) is 8.80. The summed E-state index contributed by atoms with van der Waals surface area (Å²) in [5.74, 6) is 1.03. The summed E-state index contributed by atoms with van der Waals surface area (Å²) in [5.41, 5.74) is 0. The van der Waals surface area contributed by atoms with E-state index >= 15 is 0 Å². The van der Waals surface area contributed by atoms with Crippen LogP contribution < -0.4 is 5.32 Å². The fraction of sp³-hybridized carbons (Fsp3) is 1.00. The van der Waals surface area contributed by atoms with Gasteiger partial charge < -0.3 is 5.32 Å². The third-order valence-corrected chi connectivity index (χ3v) is 5.29. The van der Waals surface area contributed by atoms with Crippen molar-refractivity contribution < 1.29 is 0 Å². The van der Waals surface area contributed by atoms with Crippen molar-refractivity contribution in [3.8, 4) is 0 Å². The van der Waals surface area contributed by atoms with Crippen molar-refractivity contribution in [1.82, 2.24) is 10.2 Å². The number of rotatable bonds is 6. The van der Waals surface area contributed by atoms with E-state index in [-0.39, 0.29) is 0 Å². The van der Waals surface area contributed by atoms with Gasteiger partial charge in [0.2, 0.25) is 0 Å². The molecule has 2 fully saturated rings. The fourth-order valence-corrected chi connectivity index (χ4v) is 4.15. The van der Waals surface area contributed by atoms with Crippen LogP contribution in [0.15, 0.2) is 0 Å². The summed E-state index contributed by atoms with van der Waals surface area (Å²) in [6, 6.07) is 1.64. The molecule has 0 radical (unpaired) electrons. The Morgan fingerprint density at radius 1 is 1.00 bits per heavy atom. The predicted octanol–water partition coefficient (Wildman–Crippen LogP) is 3.81. The lowest BCUT2D eigenvalue weighted by molar-refractivity contribution is 0.171. The molecule has 1 saturated heterocycles. The third-order valence-electron chi connectivity index (χ3n) is 5.29. The van der Waals surface area contributed by atoms with Crippen molar-refractivity contribution in [2.45, 2.75) is 83.7 Å². The molecule has 0 aromatic heterocycles. The molecule has 3 atom stereocenters. The normalized spacial score (nSPS) is 32.7. The van der Waals surface area contributed by atoms with Crippen molar-refractivity contribution >= 4 is 0 Å². The summed E-state index contributed by atoms with van der Waals surface area (Å²) < 4.78 is 0. The number of nitrogens with zero attached hydrogens (tertiary/aromatic N) is 1. The van der Waals surface area contributed by atoms with Gasteiger partial charge in [-0.05, 0) is 51.1 Å². The molecule has 0 bridgehead atoms. The van der Waals surface area contributed by atoms with Gasteiger partial charge >= 0.3 is 0 Å². The van der Waals surface area contributed by atoms with Crippen LogP contribution in [-0.2, 0) is 0 Å². The molecule has 2 heteroatoms. The highest BCUT2D eigenvalue weighted by Crippen LogP contribution is 2.29. The van der Waals surface area contributed by atoms with Crippen LogP contribution in [0.5, 0.6) is 0 Å². The Morgan fingerprint density at radius 2 is 1.89 bits per heavy atom. The molecule has 112 valence electrons. The second-order valence-electron chi connectivity index (χ2n) is 6.70. The van der Waals surface area contributed by atoms with Crippen LogP contribution >= 0.6 is 0 Å². The first kappa shape index (κ1) is 15.3. The van der Waals surface area contributed by atoms with Gasteiger partial charge in [-0.3, -0.25) is 4.90 Å². The van der Waals surface area contributed by atoms with Crippen LogP contribution in [0.4, 0.5) is 0 Å². The smallest absolute Gasteiger partial charge is 0.0195 e. The zero-order valence-corrected chi connectivity index (χ0v) is 13.2. The van der Waals surface area contributed by atoms with Gasteiger partial charge in [0.1, 0.15) is 0 Å². The molecule has 1 saturated carbocycles. The summed E-state index contributed by atoms with van der Waals surface area (Å²) >= 11 is 0. The maximum Gasteiger partial charge on any atom is 0.0195 e. The molecule has 1 heterocycles. The van der Waals surface area contributed by atoms with Crippen LogP contribution in [0.25, 0.3) is 0 Å². The highest BCUT2D eigenvalue weighted by molar-refractivity contribution is 4.83. The van der Waals surface area contributed by atoms with E-state index in [1.165, 1.54) is 77.4 Å². The van der Waals surface area contributed by atoms with Crippen LogP contribution in [0, 0.1) is 5.92 Å². The van der Waals surface area contributed by atoms with Gasteiger partial charge in [0.05, 0.1) is 0 Å². The molecule has 1 N–H and O–H groups in total. The Hall–Kier alpha value is -0.0800. The fourth-order valence-electron chi connectivity index (χ4n) is 4.15. The van der Waals surface area contributed by atoms with Crippen molar-refractivity contribution in [2.75, 3.05) is 19.6 Å². The Balaban J connectivity index is 1.80. The topological polar surface area (TPSA) is 15.3 Å². The minimum Gasteiger partial charge on any atom is -0.313 e. The van der Waals surface area contributed by atoms with E-state index in [2.05, 4.69) is 24.1 Å². The van der Waals surface area contributed by atoms with E-state index in [0.29, 0.717) is 0 Å². The van der Waals surface area contributed by atoms with Crippen molar-refractivity contribution in [3.63, 3.8) is 0 Å². The number of likely N-dealkylation sites (N-methyl/N-ethyl adjacent to an activating group) is 1. The van der Waals surface area contributed by atoms with Gasteiger partial charge in [0.25, 0.3) is 0 Å². The van der Waals surface area contributed by atoms with Crippen LogP contribution in [0.2, 0.25) is 0 Å². The minimum absolute atomic E-state index is 0.773. The Labute approximate surface area is 120 Å². The first-order valence-corrected chi connectivity index (χ1v) is 8.80. The molecule has 0 amide bonds. The van der Waals surface area contributed by atoms with Crippen LogP contribution in [0.1, 0.15) is 71.6 Å². The molecular weight excluding hydrogens is 232 g/mol. The number of hydrogen-bond donors (Lipinski definition) is 1. The second kappa shape index (κ2) is 8.26. The Kier molecular flexibility index (Phi) is 6.66. The zero-order chi connectivity index (χ0) is 13.5. The van der Waals surface area contributed by atoms with E-state index in [9.17, 15) is 0 Å². The highest BCUT2D eigenvalue weighted by atomic mass is 15.2. The molecule has 0 aromatic rings. The number of nitrogens with one attached hydrogen (secondary N) is 1. The van der Waals surface area contributed by atoms with Crippen molar-refractivity contribution in [3.05, 3.63) is 0 Å². The second-order valence-corrected chi connectivity index (χ2v) is 6.70. The maximum absolute atomic E-state index is 3.66. The zero-order valence-electron chi connectivity index (χ0n) is 13.2. The minimum atomic E-state index is 0.773. The van der Waals surface area contributed by atoms with Gasteiger partial charge in [-0.2, -0.15) is 0 Å². The SMILES string of the molecule is CCCC1CCCC(N(CC)CC2CCCN2)CC1. The van der Waals surface area contributed by atoms with Crippen molar-refractivity contribution in [1.29, 1.82) is 0 Å². The predicted molar refractivity (Wildman–Crippen MR) is 83.5 cm³/mol. The third kappa shape index (κ3) is 4.75. The van der Waals surface area contributed by atoms with Gasteiger partial charge in [-0.15, -0.1) is 0 Å². The Morgan fingerprint density at radius 3 is 2.58 bits per heavy atom. The molecule has 19 heavy (non-hydrogen) atoms. The average molecular weight is 266 g/mol. The quantitative estimate of drug-likeness (QED) is 0.736. The standard InChI is InChI=1S/C17H34N2/c1-3-7-15-8-5-10-17(12-11-15)19(4-2)14-16-9-6-13-18-16/h15-18H,3-14H2,1-2H3. The van der Waals surface area contributed by atoms with Gasteiger partial charge in [0.15, 0.2) is 0 Å². The molecule has 1 aliphatic heterocycles. The molecule has 2 rings (SSSR count).